The third kappa shape index (κ3) is 2.20. The molecule has 0 saturated heterocycles. The Morgan fingerprint density at radius 2 is 1.72 bits per heavy atom. The van der Waals surface area contributed by atoms with Gasteiger partial charge in [0.2, 0.25) is 3.79 Å². The Hall–Kier alpha value is -0.840. The van der Waals surface area contributed by atoms with Crippen molar-refractivity contribution in [2.45, 2.75) is 9.90 Å². The number of ether oxygens (including phenoxy) is 3. The molecule has 0 fully saturated rings. The Morgan fingerprint density at radius 3 is 2.22 bits per heavy atom. The lowest BCUT2D eigenvalue weighted by atomic mass is 10.0. The molecule has 7 heteroatoms. The van der Waals surface area contributed by atoms with Gasteiger partial charge in [-0.15, -0.1) is 0 Å². The minimum atomic E-state index is -1.74. The zero-order valence-corrected chi connectivity index (χ0v) is 11.8. The van der Waals surface area contributed by atoms with Gasteiger partial charge >= 0.3 is 5.97 Å². The van der Waals surface area contributed by atoms with Crippen molar-refractivity contribution in [2.75, 3.05) is 14.2 Å². The van der Waals surface area contributed by atoms with E-state index in [0.717, 1.165) is 0 Å². The van der Waals surface area contributed by atoms with Crippen molar-refractivity contribution >= 4 is 40.8 Å². The summed E-state index contributed by atoms with van der Waals surface area (Å²) in [5.41, 5.74) is 0.779. The zero-order valence-electron chi connectivity index (χ0n) is 9.50. The average Bonchev–Trinajstić information content (AvgIpc) is 2.64. The second-order valence-corrected chi connectivity index (χ2v) is 5.99. The number of hydrogen-bond acceptors (Lipinski definition) is 4. The van der Waals surface area contributed by atoms with Crippen molar-refractivity contribution in [2.24, 2.45) is 0 Å². The largest absolute Gasteiger partial charge is 0.493 e. The highest BCUT2D eigenvalue weighted by Crippen LogP contribution is 2.49. The summed E-state index contributed by atoms with van der Waals surface area (Å²) in [5, 5.41) is 0. The fourth-order valence-corrected chi connectivity index (χ4v) is 2.25. The molecule has 0 amide bonds. The molecule has 4 nitrogen and oxygen atoms in total. The summed E-state index contributed by atoms with van der Waals surface area (Å²) in [4.78, 5) is 11.7. The number of benzene rings is 1. The predicted molar refractivity (Wildman–Crippen MR) is 68.0 cm³/mol. The van der Waals surface area contributed by atoms with Crippen LogP contribution in [-0.4, -0.2) is 24.0 Å². The van der Waals surface area contributed by atoms with Crippen LogP contribution in [0.3, 0.4) is 0 Å². The average molecular weight is 312 g/mol. The Morgan fingerprint density at radius 1 is 1.17 bits per heavy atom. The number of rotatable bonds is 2. The van der Waals surface area contributed by atoms with E-state index in [0.29, 0.717) is 22.6 Å². The summed E-state index contributed by atoms with van der Waals surface area (Å²) in [7, 11) is 2.95. The number of cyclic esters (lactones) is 1. The Bertz CT molecular complexity index is 496. The van der Waals surface area contributed by atoms with Crippen molar-refractivity contribution in [3.63, 3.8) is 0 Å². The summed E-state index contributed by atoms with van der Waals surface area (Å²) >= 11 is 17.3. The topological polar surface area (TPSA) is 44.8 Å². The number of esters is 1. The van der Waals surface area contributed by atoms with Crippen molar-refractivity contribution < 1.29 is 19.0 Å². The van der Waals surface area contributed by atoms with Crippen LogP contribution in [0.5, 0.6) is 11.5 Å². The molecule has 0 radical (unpaired) electrons. The molecule has 0 saturated carbocycles. The van der Waals surface area contributed by atoms with Gasteiger partial charge in [-0.3, -0.25) is 0 Å². The number of carbonyl (C=O) groups excluding carboxylic acids is 1. The van der Waals surface area contributed by atoms with Crippen LogP contribution in [0.2, 0.25) is 0 Å². The van der Waals surface area contributed by atoms with E-state index in [1.807, 2.05) is 0 Å². The van der Waals surface area contributed by atoms with Gasteiger partial charge < -0.3 is 14.2 Å². The molecular formula is C11H9Cl3O4. The van der Waals surface area contributed by atoms with E-state index in [-0.39, 0.29) is 0 Å². The summed E-state index contributed by atoms with van der Waals surface area (Å²) in [6.07, 6.45) is -0.954. The van der Waals surface area contributed by atoms with Gasteiger partial charge in [0.25, 0.3) is 0 Å². The fraction of sp³-hybridized carbons (Fsp3) is 0.364. The smallest absolute Gasteiger partial charge is 0.339 e. The van der Waals surface area contributed by atoms with Gasteiger partial charge in [0, 0.05) is 5.56 Å². The van der Waals surface area contributed by atoms with Gasteiger partial charge in [-0.25, -0.2) is 4.79 Å². The standard InChI is InChI=1S/C11H9Cl3O4/c1-16-7-3-5-6(4-8(7)17-2)10(15)18-9(5)11(12,13)14/h3-4,9H,1-2H3/t9-/m1/s1. The minimum Gasteiger partial charge on any atom is -0.493 e. The van der Waals surface area contributed by atoms with Gasteiger partial charge in [-0.05, 0) is 12.1 Å². The van der Waals surface area contributed by atoms with Crippen LogP contribution < -0.4 is 9.47 Å². The van der Waals surface area contributed by atoms with E-state index in [9.17, 15) is 4.79 Å². The van der Waals surface area contributed by atoms with Crippen LogP contribution >= 0.6 is 34.8 Å². The third-order valence-electron chi connectivity index (χ3n) is 2.58. The first-order chi connectivity index (χ1) is 8.38. The Labute approximate surface area is 119 Å². The highest BCUT2D eigenvalue weighted by Gasteiger charge is 2.45. The lowest BCUT2D eigenvalue weighted by Gasteiger charge is -2.19. The monoisotopic (exact) mass is 310 g/mol. The summed E-state index contributed by atoms with van der Waals surface area (Å²) in [6, 6.07) is 3.08. The van der Waals surface area contributed by atoms with E-state index >= 15 is 0 Å². The molecule has 0 unspecified atom stereocenters. The van der Waals surface area contributed by atoms with E-state index < -0.39 is 15.9 Å². The first-order valence-electron chi connectivity index (χ1n) is 4.92. The molecule has 0 N–H and O–H groups in total. The zero-order chi connectivity index (χ0) is 13.5. The summed E-state index contributed by atoms with van der Waals surface area (Å²) in [5.74, 6) is 0.300. The van der Waals surface area contributed by atoms with E-state index in [1.54, 1.807) is 6.07 Å². The van der Waals surface area contributed by atoms with Crippen molar-refractivity contribution in [1.82, 2.24) is 0 Å². The fourth-order valence-electron chi connectivity index (χ4n) is 1.77. The Kier molecular flexibility index (Phi) is 3.54. The molecule has 0 bridgehead atoms. The maximum atomic E-state index is 11.7. The van der Waals surface area contributed by atoms with Crippen LogP contribution in [0.1, 0.15) is 22.0 Å². The third-order valence-corrected chi connectivity index (χ3v) is 3.17. The van der Waals surface area contributed by atoms with E-state index in [2.05, 4.69) is 0 Å². The second kappa shape index (κ2) is 4.68. The first kappa shape index (κ1) is 13.6. The predicted octanol–water partition coefficient (Wildman–Crippen LogP) is 3.29. The molecule has 2 rings (SSSR count). The molecule has 1 aliphatic heterocycles. The van der Waals surface area contributed by atoms with Crippen LogP contribution in [-0.2, 0) is 4.74 Å². The van der Waals surface area contributed by atoms with Crippen LogP contribution in [0, 0.1) is 0 Å². The molecule has 18 heavy (non-hydrogen) atoms. The number of carbonyl (C=O) groups is 1. The summed E-state index contributed by atoms with van der Waals surface area (Å²) in [6.45, 7) is 0. The van der Waals surface area contributed by atoms with E-state index in [4.69, 9.17) is 49.0 Å². The molecular weight excluding hydrogens is 302 g/mol. The van der Waals surface area contributed by atoms with Crippen molar-refractivity contribution in [3.8, 4) is 11.5 Å². The van der Waals surface area contributed by atoms with Gasteiger partial charge in [-0.2, -0.15) is 0 Å². The van der Waals surface area contributed by atoms with Crippen LogP contribution in [0.15, 0.2) is 12.1 Å². The second-order valence-electron chi connectivity index (χ2n) is 3.62. The maximum absolute atomic E-state index is 11.7. The molecule has 1 heterocycles. The van der Waals surface area contributed by atoms with Gasteiger partial charge in [-0.1, -0.05) is 34.8 Å². The molecule has 1 aromatic carbocycles. The number of halogens is 3. The number of methoxy groups -OCH3 is 2. The number of fused-ring (bicyclic) bond motifs is 1. The minimum absolute atomic E-state index is 0.309. The van der Waals surface area contributed by atoms with E-state index in [1.165, 1.54) is 20.3 Å². The molecule has 1 atom stereocenters. The molecule has 0 spiro atoms. The molecule has 98 valence electrons. The summed E-state index contributed by atoms with van der Waals surface area (Å²) < 4.78 is 13.5. The molecule has 1 aromatic rings. The van der Waals surface area contributed by atoms with Gasteiger partial charge in [0.05, 0.1) is 19.8 Å². The number of alkyl halides is 3. The number of hydrogen-bond donors (Lipinski definition) is 0. The highest BCUT2D eigenvalue weighted by atomic mass is 35.6. The normalized spacial score (nSPS) is 18.3. The quantitative estimate of drug-likeness (QED) is 0.621. The lowest BCUT2D eigenvalue weighted by Crippen LogP contribution is -2.16. The molecule has 0 aromatic heterocycles. The van der Waals surface area contributed by atoms with Crippen LogP contribution in [0.4, 0.5) is 0 Å². The molecule has 1 aliphatic rings. The van der Waals surface area contributed by atoms with Crippen LogP contribution in [0.25, 0.3) is 0 Å². The first-order valence-corrected chi connectivity index (χ1v) is 6.05. The SMILES string of the molecule is COc1cc2c(cc1OC)[C@H](C(Cl)(Cl)Cl)OC2=O. The van der Waals surface area contributed by atoms with Crippen molar-refractivity contribution in [3.05, 3.63) is 23.3 Å². The highest BCUT2D eigenvalue weighted by molar-refractivity contribution is 6.68. The van der Waals surface area contributed by atoms with Crippen molar-refractivity contribution in [1.29, 1.82) is 0 Å². The molecule has 0 aliphatic carbocycles. The van der Waals surface area contributed by atoms with Gasteiger partial charge in [0.15, 0.2) is 17.6 Å². The maximum Gasteiger partial charge on any atom is 0.339 e. The van der Waals surface area contributed by atoms with Gasteiger partial charge in [0.1, 0.15) is 0 Å². The lowest BCUT2D eigenvalue weighted by molar-refractivity contribution is 0.0393. The Balaban J connectivity index is 2.57.